The molecule has 124 valence electrons. The molecule has 0 aromatic heterocycles. The van der Waals surface area contributed by atoms with Crippen molar-refractivity contribution in [3.05, 3.63) is 51.5 Å². The number of nitrogens with two attached hydrogens (primary N) is 1. The SMILES string of the molecule is CCCCSc1cc(O)c2c(c1N)C(=O)c1ccc(Cl)cc1C2=O. The van der Waals surface area contributed by atoms with Crippen molar-refractivity contribution >= 4 is 40.6 Å². The highest BCUT2D eigenvalue weighted by molar-refractivity contribution is 7.99. The summed E-state index contributed by atoms with van der Waals surface area (Å²) < 4.78 is 0. The Bertz CT molecular complexity index is 864. The Morgan fingerprint density at radius 2 is 1.83 bits per heavy atom. The molecule has 0 spiro atoms. The van der Waals surface area contributed by atoms with Gasteiger partial charge in [-0.2, -0.15) is 0 Å². The number of aromatic hydroxyl groups is 1. The predicted octanol–water partition coefficient (Wildman–Crippen LogP) is 4.30. The van der Waals surface area contributed by atoms with Crippen LogP contribution in [0.15, 0.2) is 29.2 Å². The number of halogens is 1. The molecule has 0 saturated carbocycles. The lowest BCUT2D eigenvalue weighted by atomic mass is 9.83. The average Bonchev–Trinajstić information content (AvgIpc) is 2.55. The van der Waals surface area contributed by atoms with Gasteiger partial charge >= 0.3 is 0 Å². The number of ketones is 2. The van der Waals surface area contributed by atoms with Gasteiger partial charge in [-0.25, -0.2) is 0 Å². The zero-order valence-electron chi connectivity index (χ0n) is 13.1. The van der Waals surface area contributed by atoms with Gasteiger partial charge in [-0.15, -0.1) is 11.8 Å². The quantitative estimate of drug-likeness (QED) is 0.313. The molecule has 2 aromatic rings. The summed E-state index contributed by atoms with van der Waals surface area (Å²) in [6.07, 6.45) is 2.03. The molecule has 2 aromatic carbocycles. The highest BCUT2D eigenvalue weighted by atomic mass is 35.5. The highest BCUT2D eigenvalue weighted by Crippen LogP contribution is 2.41. The normalized spacial score (nSPS) is 12.9. The zero-order valence-corrected chi connectivity index (χ0v) is 14.6. The van der Waals surface area contributed by atoms with Crippen molar-refractivity contribution in [2.24, 2.45) is 0 Å². The van der Waals surface area contributed by atoms with Gasteiger partial charge in [0.1, 0.15) is 5.75 Å². The van der Waals surface area contributed by atoms with Gasteiger partial charge in [-0.1, -0.05) is 24.9 Å². The lowest BCUT2D eigenvalue weighted by Gasteiger charge is -2.21. The lowest BCUT2D eigenvalue weighted by Crippen LogP contribution is -2.23. The number of unbranched alkanes of at least 4 members (excludes halogenated alkanes) is 1. The van der Waals surface area contributed by atoms with Crippen molar-refractivity contribution in [3.8, 4) is 5.75 Å². The summed E-state index contributed by atoms with van der Waals surface area (Å²) in [7, 11) is 0. The summed E-state index contributed by atoms with van der Waals surface area (Å²) in [5.74, 6) is -0.187. The summed E-state index contributed by atoms with van der Waals surface area (Å²) in [5.41, 5.74) is 6.93. The monoisotopic (exact) mass is 361 g/mol. The zero-order chi connectivity index (χ0) is 17.4. The number of fused-ring (bicyclic) bond motifs is 2. The Morgan fingerprint density at radius 3 is 2.54 bits per heavy atom. The molecule has 0 saturated heterocycles. The van der Waals surface area contributed by atoms with Crippen molar-refractivity contribution in [2.75, 3.05) is 11.5 Å². The van der Waals surface area contributed by atoms with Gasteiger partial charge in [0.2, 0.25) is 0 Å². The molecule has 6 heteroatoms. The van der Waals surface area contributed by atoms with Crippen LogP contribution in [0.1, 0.15) is 51.6 Å². The van der Waals surface area contributed by atoms with Crippen molar-refractivity contribution in [1.82, 2.24) is 0 Å². The first-order valence-electron chi connectivity index (χ1n) is 7.62. The Labute approximate surface area is 149 Å². The number of rotatable bonds is 4. The van der Waals surface area contributed by atoms with E-state index in [0.717, 1.165) is 18.6 Å². The summed E-state index contributed by atoms with van der Waals surface area (Å²) in [5, 5.41) is 10.7. The molecule has 0 heterocycles. The third kappa shape index (κ3) is 2.68. The number of benzene rings is 2. The van der Waals surface area contributed by atoms with Gasteiger partial charge in [0.15, 0.2) is 11.6 Å². The Kier molecular flexibility index (Phi) is 4.56. The van der Waals surface area contributed by atoms with Gasteiger partial charge in [0.25, 0.3) is 0 Å². The number of phenolic OH excluding ortho intramolecular Hbond substituents is 1. The van der Waals surface area contributed by atoms with Gasteiger partial charge < -0.3 is 10.8 Å². The molecule has 0 aliphatic heterocycles. The lowest BCUT2D eigenvalue weighted by molar-refractivity contribution is 0.0977. The van der Waals surface area contributed by atoms with E-state index in [0.29, 0.717) is 9.92 Å². The number of nitrogen functional groups attached to an aromatic ring is 1. The minimum absolute atomic E-state index is 0.0351. The van der Waals surface area contributed by atoms with E-state index in [1.54, 1.807) is 6.07 Å². The van der Waals surface area contributed by atoms with Crippen molar-refractivity contribution in [1.29, 1.82) is 0 Å². The molecule has 1 aliphatic carbocycles. The van der Waals surface area contributed by atoms with Crippen LogP contribution in [0, 0.1) is 0 Å². The van der Waals surface area contributed by atoms with Crippen LogP contribution < -0.4 is 5.73 Å². The minimum Gasteiger partial charge on any atom is -0.507 e. The molecule has 0 amide bonds. The molecule has 0 fully saturated rings. The smallest absolute Gasteiger partial charge is 0.198 e. The van der Waals surface area contributed by atoms with E-state index in [1.807, 2.05) is 0 Å². The summed E-state index contributed by atoms with van der Waals surface area (Å²) in [6.45, 7) is 2.08. The number of anilines is 1. The molecule has 1 aliphatic rings. The third-order valence-corrected chi connectivity index (χ3v) is 5.37. The molecule has 4 nitrogen and oxygen atoms in total. The fraction of sp³-hybridized carbons (Fsp3) is 0.222. The van der Waals surface area contributed by atoms with Crippen LogP contribution in [-0.4, -0.2) is 22.4 Å². The van der Waals surface area contributed by atoms with Gasteiger partial charge in [-0.05, 0) is 36.4 Å². The molecule has 0 atom stereocenters. The molecule has 24 heavy (non-hydrogen) atoms. The Hall–Kier alpha value is -1.98. The predicted molar refractivity (Wildman–Crippen MR) is 96.5 cm³/mol. The van der Waals surface area contributed by atoms with E-state index >= 15 is 0 Å². The first-order valence-corrected chi connectivity index (χ1v) is 8.99. The van der Waals surface area contributed by atoms with Crippen LogP contribution in [0.2, 0.25) is 5.02 Å². The second kappa shape index (κ2) is 6.49. The summed E-state index contributed by atoms with van der Waals surface area (Å²) in [6, 6.07) is 6.00. The first kappa shape index (κ1) is 16.9. The molecular formula is C18H16ClNO3S. The van der Waals surface area contributed by atoms with E-state index in [1.165, 1.54) is 30.0 Å². The van der Waals surface area contributed by atoms with Crippen LogP contribution in [0.25, 0.3) is 0 Å². The fourth-order valence-corrected chi connectivity index (χ4v) is 4.02. The summed E-state index contributed by atoms with van der Waals surface area (Å²) in [4.78, 5) is 26.2. The highest BCUT2D eigenvalue weighted by Gasteiger charge is 2.35. The largest absolute Gasteiger partial charge is 0.507 e. The van der Waals surface area contributed by atoms with Crippen LogP contribution >= 0.6 is 23.4 Å². The Morgan fingerprint density at radius 1 is 1.12 bits per heavy atom. The molecular weight excluding hydrogens is 346 g/mol. The number of phenols is 1. The van der Waals surface area contributed by atoms with Crippen LogP contribution in [0.4, 0.5) is 5.69 Å². The van der Waals surface area contributed by atoms with Gasteiger partial charge in [0.05, 0.1) is 16.8 Å². The van der Waals surface area contributed by atoms with E-state index in [9.17, 15) is 14.7 Å². The molecule has 0 radical (unpaired) electrons. The topological polar surface area (TPSA) is 80.4 Å². The Balaban J connectivity index is 2.15. The minimum atomic E-state index is -0.434. The molecule has 0 unspecified atom stereocenters. The average molecular weight is 362 g/mol. The molecule has 3 N–H and O–H groups in total. The second-order valence-corrected chi connectivity index (χ2v) is 7.18. The van der Waals surface area contributed by atoms with E-state index in [-0.39, 0.29) is 39.5 Å². The number of hydrogen-bond acceptors (Lipinski definition) is 5. The van der Waals surface area contributed by atoms with E-state index < -0.39 is 5.78 Å². The van der Waals surface area contributed by atoms with E-state index in [2.05, 4.69) is 6.92 Å². The number of carbonyl (C=O) groups is 2. The maximum absolute atomic E-state index is 12.8. The third-order valence-electron chi connectivity index (χ3n) is 3.99. The van der Waals surface area contributed by atoms with Crippen molar-refractivity contribution in [2.45, 2.75) is 24.7 Å². The van der Waals surface area contributed by atoms with Crippen LogP contribution in [-0.2, 0) is 0 Å². The second-order valence-electron chi connectivity index (χ2n) is 5.61. The van der Waals surface area contributed by atoms with Crippen LogP contribution in [0.3, 0.4) is 0 Å². The first-order chi connectivity index (χ1) is 11.5. The number of hydrogen-bond donors (Lipinski definition) is 2. The van der Waals surface area contributed by atoms with Crippen molar-refractivity contribution in [3.63, 3.8) is 0 Å². The summed E-state index contributed by atoms with van der Waals surface area (Å²) >= 11 is 7.41. The maximum atomic E-state index is 12.8. The number of thioether (sulfide) groups is 1. The van der Waals surface area contributed by atoms with Crippen LogP contribution in [0.5, 0.6) is 5.75 Å². The standard InChI is InChI=1S/C18H16ClNO3S/c1-2-3-6-24-13-8-12(21)14-15(16(13)20)17(22)10-5-4-9(19)7-11(10)18(14)23/h4-5,7-8,21H,2-3,6,20H2,1H3. The molecule has 3 rings (SSSR count). The fourth-order valence-electron chi connectivity index (χ4n) is 2.74. The van der Waals surface area contributed by atoms with Gasteiger partial charge in [-0.3, -0.25) is 9.59 Å². The maximum Gasteiger partial charge on any atom is 0.198 e. The van der Waals surface area contributed by atoms with Crippen molar-refractivity contribution < 1.29 is 14.7 Å². The van der Waals surface area contributed by atoms with E-state index in [4.69, 9.17) is 17.3 Å². The van der Waals surface area contributed by atoms with Gasteiger partial charge in [0, 0.05) is 21.0 Å². The molecule has 0 bridgehead atoms. The number of carbonyl (C=O) groups excluding carboxylic acids is 2.